The van der Waals surface area contributed by atoms with Gasteiger partial charge in [0.15, 0.2) is 0 Å². The van der Waals surface area contributed by atoms with Crippen molar-refractivity contribution in [1.82, 2.24) is 0 Å². The smallest absolute Gasteiger partial charge is 0.411 e. The van der Waals surface area contributed by atoms with Crippen molar-refractivity contribution in [3.05, 3.63) is 0 Å². The van der Waals surface area contributed by atoms with Crippen LogP contribution in [0, 0.1) is 5.92 Å². The molecular formula is C14H28B2O4. The van der Waals surface area contributed by atoms with Crippen molar-refractivity contribution in [2.24, 2.45) is 5.92 Å². The summed E-state index contributed by atoms with van der Waals surface area (Å²) in [5, 5.41) is 0.0701. The van der Waals surface area contributed by atoms with Crippen LogP contribution in [0.2, 0.25) is 11.6 Å². The Balaban J connectivity index is 1.53. The zero-order chi connectivity index (χ0) is 14.4. The van der Waals surface area contributed by atoms with Gasteiger partial charge in [0.25, 0.3) is 0 Å². The summed E-state index contributed by atoms with van der Waals surface area (Å²) in [6.45, 7) is 9.83. The summed E-state index contributed by atoms with van der Waals surface area (Å²) in [4.78, 5) is 0. The molecule has 0 saturated carbocycles. The van der Waals surface area contributed by atoms with Crippen LogP contribution in [-0.4, -0.2) is 40.7 Å². The standard InChI is InChI=1S/C14H28B2O4/c1-14(2,3)16-19-11-13(12-20-16)7-4-5-8-15-17-9-6-10-18-15/h13H,4-12H2,1-3H3. The molecule has 114 valence electrons. The number of hydrogen-bond donors (Lipinski definition) is 0. The zero-order valence-corrected chi connectivity index (χ0v) is 13.2. The van der Waals surface area contributed by atoms with Gasteiger partial charge in [-0.05, 0) is 24.5 Å². The van der Waals surface area contributed by atoms with Gasteiger partial charge in [0.1, 0.15) is 0 Å². The van der Waals surface area contributed by atoms with E-state index in [0.29, 0.717) is 5.92 Å². The van der Waals surface area contributed by atoms with E-state index in [9.17, 15) is 0 Å². The van der Waals surface area contributed by atoms with E-state index in [0.717, 1.165) is 45.6 Å². The Morgan fingerprint density at radius 3 is 2.20 bits per heavy atom. The Hall–Kier alpha value is -0.0301. The highest BCUT2D eigenvalue weighted by Gasteiger charge is 2.37. The fourth-order valence-electron chi connectivity index (χ4n) is 2.66. The molecule has 20 heavy (non-hydrogen) atoms. The highest BCUT2D eigenvalue weighted by atomic mass is 16.6. The second-order valence-corrected chi connectivity index (χ2v) is 7.04. The minimum atomic E-state index is -0.0530. The van der Waals surface area contributed by atoms with E-state index < -0.39 is 0 Å². The molecule has 0 aromatic heterocycles. The largest absolute Gasteiger partial charge is 0.462 e. The van der Waals surface area contributed by atoms with Crippen molar-refractivity contribution in [2.75, 3.05) is 26.4 Å². The van der Waals surface area contributed by atoms with Crippen LogP contribution in [0.3, 0.4) is 0 Å². The van der Waals surface area contributed by atoms with E-state index in [-0.39, 0.29) is 19.6 Å². The van der Waals surface area contributed by atoms with Gasteiger partial charge < -0.3 is 18.6 Å². The predicted octanol–water partition coefficient (Wildman–Crippen LogP) is 3.03. The molecule has 2 saturated heterocycles. The average molecular weight is 282 g/mol. The van der Waals surface area contributed by atoms with Gasteiger partial charge in [-0.25, -0.2) is 0 Å². The van der Waals surface area contributed by atoms with E-state index in [1.807, 2.05) is 0 Å². The monoisotopic (exact) mass is 282 g/mol. The molecule has 0 unspecified atom stereocenters. The minimum Gasteiger partial charge on any atom is -0.411 e. The molecule has 0 radical (unpaired) electrons. The molecule has 0 bridgehead atoms. The molecule has 2 rings (SSSR count). The van der Waals surface area contributed by atoms with Crippen molar-refractivity contribution in [2.45, 2.75) is 58.1 Å². The third-order valence-corrected chi connectivity index (χ3v) is 3.87. The molecule has 2 aliphatic heterocycles. The molecule has 0 aromatic carbocycles. The third-order valence-electron chi connectivity index (χ3n) is 3.87. The Labute approximate surface area is 124 Å². The van der Waals surface area contributed by atoms with E-state index in [1.165, 1.54) is 12.8 Å². The van der Waals surface area contributed by atoms with Gasteiger partial charge in [0, 0.05) is 32.3 Å². The fraction of sp³-hybridized carbons (Fsp3) is 1.00. The van der Waals surface area contributed by atoms with Gasteiger partial charge >= 0.3 is 14.2 Å². The van der Waals surface area contributed by atoms with Crippen molar-refractivity contribution in [3.63, 3.8) is 0 Å². The Morgan fingerprint density at radius 1 is 0.950 bits per heavy atom. The summed E-state index contributed by atoms with van der Waals surface area (Å²) in [5.74, 6) is 0.543. The maximum atomic E-state index is 5.83. The highest BCUT2D eigenvalue weighted by molar-refractivity contribution is 6.48. The highest BCUT2D eigenvalue weighted by Crippen LogP contribution is 2.31. The lowest BCUT2D eigenvalue weighted by Gasteiger charge is -2.33. The second-order valence-electron chi connectivity index (χ2n) is 7.04. The molecule has 0 N–H and O–H groups in total. The fourth-order valence-corrected chi connectivity index (χ4v) is 2.66. The van der Waals surface area contributed by atoms with Crippen LogP contribution < -0.4 is 0 Å². The van der Waals surface area contributed by atoms with Crippen LogP contribution in [-0.2, 0) is 18.6 Å². The van der Waals surface area contributed by atoms with Gasteiger partial charge in [-0.1, -0.05) is 33.6 Å². The second kappa shape index (κ2) is 7.83. The van der Waals surface area contributed by atoms with E-state index >= 15 is 0 Å². The molecule has 4 nitrogen and oxygen atoms in total. The maximum absolute atomic E-state index is 5.83. The van der Waals surface area contributed by atoms with Gasteiger partial charge in [-0.15, -0.1) is 0 Å². The van der Waals surface area contributed by atoms with Gasteiger partial charge in [-0.2, -0.15) is 0 Å². The molecule has 2 heterocycles. The van der Waals surface area contributed by atoms with Gasteiger partial charge in [0.05, 0.1) is 0 Å². The first kappa shape index (κ1) is 16.3. The van der Waals surface area contributed by atoms with Crippen LogP contribution in [0.15, 0.2) is 0 Å². The molecule has 0 atom stereocenters. The molecule has 0 aliphatic carbocycles. The number of rotatable bonds is 5. The molecule has 2 fully saturated rings. The maximum Gasteiger partial charge on any atom is 0.462 e. The Bertz CT molecular complexity index is 269. The number of hydrogen-bond acceptors (Lipinski definition) is 4. The lowest BCUT2D eigenvalue weighted by atomic mass is 9.60. The average Bonchev–Trinajstić information content (AvgIpc) is 2.44. The molecule has 2 aliphatic rings. The summed E-state index contributed by atoms with van der Waals surface area (Å²) in [6, 6.07) is 0. The lowest BCUT2D eigenvalue weighted by Crippen LogP contribution is -2.41. The molecular weight excluding hydrogens is 254 g/mol. The summed E-state index contributed by atoms with van der Waals surface area (Å²) < 4.78 is 22.8. The first-order valence-electron chi connectivity index (χ1n) is 8.02. The normalized spacial score (nSPS) is 22.4. The van der Waals surface area contributed by atoms with Crippen molar-refractivity contribution in [3.8, 4) is 0 Å². The Morgan fingerprint density at radius 2 is 1.60 bits per heavy atom. The van der Waals surface area contributed by atoms with Crippen molar-refractivity contribution < 1.29 is 18.6 Å². The van der Waals surface area contributed by atoms with Gasteiger partial charge in [0.2, 0.25) is 0 Å². The zero-order valence-electron chi connectivity index (χ0n) is 13.2. The van der Waals surface area contributed by atoms with Gasteiger partial charge in [-0.3, -0.25) is 0 Å². The summed E-state index contributed by atoms with van der Waals surface area (Å²) in [7, 11) is -0.0179. The lowest BCUT2D eigenvalue weighted by molar-refractivity contribution is 0.0632. The van der Waals surface area contributed by atoms with Crippen molar-refractivity contribution in [1.29, 1.82) is 0 Å². The molecule has 0 spiro atoms. The van der Waals surface area contributed by atoms with Crippen LogP contribution in [0.25, 0.3) is 0 Å². The number of unbranched alkanes of at least 4 members (excludes halogenated alkanes) is 1. The summed E-state index contributed by atoms with van der Waals surface area (Å²) in [5.41, 5.74) is 0. The first-order valence-corrected chi connectivity index (χ1v) is 8.02. The first-order chi connectivity index (χ1) is 9.55. The predicted molar refractivity (Wildman–Crippen MR) is 81.8 cm³/mol. The quantitative estimate of drug-likeness (QED) is 0.573. The van der Waals surface area contributed by atoms with E-state index in [1.54, 1.807) is 0 Å². The van der Waals surface area contributed by atoms with Crippen molar-refractivity contribution >= 4 is 14.2 Å². The van der Waals surface area contributed by atoms with E-state index in [4.69, 9.17) is 18.6 Å². The van der Waals surface area contributed by atoms with Crippen LogP contribution in [0.1, 0.15) is 46.5 Å². The van der Waals surface area contributed by atoms with Crippen LogP contribution >= 0.6 is 0 Å². The summed E-state index contributed by atoms with van der Waals surface area (Å²) >= 11 is 0. The molecule has 0 aromatic rings. The Kier molecular flexibility index (Phi) is 6.40. The molecule has 0 amide bonds. The van der Waals surface area contributed by atoms with Crippen LogP contribution in [0.4, 0.5) is 0 Å². The minimum absolute atomic E-state index is 0.0351. The van der Waals surface area contributed by atoms with Crippen LogP contribution in [0.5, 0.6) is 0 Å². The molecule has 6 heteroatoms. The topological polar surface area (TPSA) is 36.9 Å². The summed E-state index contributed by atoms with van der Waals surface area (Å²) in [6.07, 6.45) is 5.56. The SMILES string of the molecule is CC(C)(C)B1OCC(CCCCB2OCCCO2)CO1. The van der Waals surface area contributed by atoms with E-state index in [2.05, 4.69) is 20.8 Å². The third kappa shape index (κ3) is 5.40.